The van der Waals surface area contributed by atoms with Gasteiger partial charge in [-0.1, -0.05) is 6.92 Å². The molecule has 8 heteroatoms. The number of amides is 1. The summed E-state index contributed by atoms with van der Waals surface area (Å²) in [5.41, 5.74) is 0.195. The molecule has 0 aromatic carbocycles. The van der Waals surface area contributed by atoms with Gasteiger partial charge in [-0.2, -0.15) is 13.2 Å². The Morgan fingerprint density at radius 2 is 2.04 bits per heavy atom. The Morgan fingerprint density at radius 3 is 2.54 bits per heavy atom. The van der Waals surface area contributed by atoms with E-state index in [4.69, 9.17) is 5.11 Å². The van der Waals surface area contributed by atoms with E-state index in [-0.39, 0.29) is 5.56 Å². The van der Waals surface area contributed by atoms with Gasteiger partial charge in [-0.3, -0.25) is 4.79 Å². The summed E-state index contributed by atoms with van der Waals surface area (Å²) in [4.78, 5) is 19.4. The molecular formula is C16H22F3N3O2. The quantitative estimate of drug-likeness (QED) is 0.910. The van der Waals surface area contributed by atoms with Crippen molar-refractivity contribution < 1.29 is 23.1 Å². The van der Waals surface area contributed by atoms with Gasteiger partial charge in [-0.05, 0) is 30.9 Å². The van der Waals surface area contributed by atoms with Gasteiger partial charge in [0.15, 0.2) is 6.10 Å². The van der Waals surface area contributed by atoms with Crippen LogP contribution in [0.25, 0.3) is 0 Å². The Morgan fingerprint density at radius 1 is 1.42 bits per heavy atom. The molecule has 1 aromatic heterocycles. The molecule has 1 fully saturated rings. The molecule has 0 bridgehead atoms. The van der Waals surface area contributed by atoms with Gasteiger partial charge in [-0.15, -0.1) is 0 Å². The third-order valence-electron chi connectivity index (χ3n) is 4.27. The Balaban J connectivity index is 1.98. The maximum Gasteiger partial charge on any atom is 0.416 e. The van der Waals surface area contributed by atoms with Gasteiger partial charge in [-0.25, -0.2) is 4.98 Å². The number of aliphatic hydroxyl groups is 1. The van der Waals surface area contributed by atoms with Crippen molar-refractivity contribution in [3.05, 3.63) is 23.9 Å². The van der Waals surface area contributed by atoms with Crippen LogP contribution in [0.4, 0.5) is 19.0 Å². The first-order valence-electron chi connectivity index (χ1n) is 7.89. The number of aromatic nitrogens is 1. The number of halogens is 3. The van der Waals surface area contributed by atoms with Crippen LogP contribution in [0.1, 0.15) is 30.1 Å². The minimum absolute atomic E-state index is 0.195. The fraction of sp³-hybridized carbons (Fsp3) is 0.625. The fourth-order valence-electron chi connectivity index (χ4n) is 2.60. The first-order chi connectivity index (χ1) is 11.2. The maximum atomic E-state index is 12.4. The molecule has 0 radical (unpaired) electrons. The number of nitrogens with zero attached hydrogens (tertiary/aromatic N) is 3. The highest BCUT2D eigenvalue weighted by Gasteiger charge is 2.39. The fourth-order valence-corrected chi connectivity index (χ4v) is 2.60. The normalized spacial score (nSPS) is 17.7. The Labute approximate surface area is 139 Å². The van der Waals surface area contributed by atoms with E-state index in [0.717, 1.165) is 36.6 Å². The van der Waals surface area contributed by atoms with Crippen LogP contribution >= 0.6 is 0 Å². The van der Waals surface area contributed by atoms with Crippen LogP contribution in [0.5, 0.6) is 0 Å². The lowest BCUT2D eigenvalue weighted by molar-refractivity contribution is -0.205. The highest BCUT2D eigenvalue weighted by Crippen LogP contribution is 2.22. The van der Waals surface area contributed by atoms with Crippen molar-refractivity contribution in [3.8, 4) is 0 Å². The summed E-state index contributed by atoms with van der Waals surface area (Å²) >= 11 is 0. The molecular weight excluding hydrogens is 323 g/mol. The minimum atomic E-state index is -4.75. The van der Waals surface area contributed by atoms with Gasteiger partial charge in [0.2, 0.25) is 0 Å². The number of pyridine rings is 1. The molecule has 1 unspecified atom stereocenters. The number of likely N-dealkylation sites (N-methyl/N-ethyl adjacent to an activating group) is 1. The lowest BCUT2D eigenvalue weighted by Crippen LogP contribution is -2.41. The first kappa shape index (κ1) is 18.5. The number of anilines is 1. The molecule has 1 aromatic rings. The molecule has 1 saturated heterocycles. The Kier molecular flexibility index (Phi) is 5.69. The third kappa shape index (κ3) is 4.59. The number of carbonyl (C=O) groups is 1. The molecule has 1 aliphatic rings. The van der Waals surface area contributed by atoms with Crippen LogP contribution in [-0.4, -0.2) is 59.9 Å². The summed E-state index contributed by atoms with van der Waals surface area (Å²) < 4.78 is 37.1. The van der Waals surface area contributed by atoms with Gasteiger partial charge >= 0.3 is 6.18 Å². The van der Waals surface area contributed by atoms with Gasteiger partial charge in [0.05, 0.1) is 12.1 Å². The molecule has 1 aliphatic heterocycles. The van der Waals surface area contributed by atoms with Crippen LogP contribution in [0, 0.1) is 5.92 Å². The third-order valence-corrected chi connectivity index (χ3v) is 4.27. The van der Waals surface area contributed by atoms with E-state index >= 15 is 0 Å². The van der Waals surface area contributed by atoms with Crippen molar-refractivity contribution in [3.63, 3.8) is 0 Å². The standard InChI is InChI=1S/C16H22F3N3O2/c1-11-5-7-22(8-6-11)14-4-3-12(9-20-14)15(24)21(2)10-13(23)16(17,18)19/h3-4,9,11,13,23H,5-8,10H2,1-2H3. The van der Waals surface area contributed by atoms with E-state index in [1.807, 2.05) is 0 Å². The SMILES string of the molecule is CC1CCN(c2ccc(C(=O)N(C)CC(O)C(F)(F)F)cn2)CC1. The lowest BCUT2D eigenvalue weighted by Gasteiger charge is -2.31. The second-order valence-electron chi connectivity index (χ2n) is 6.32. The molecule has 0 aliphatic carbocycles. The number of alkyl halides is 3. The molecule has 1 N–H and O–H groups in total. The number of hydrogen-bond donors (Lipinski definition) is 1. The van der Waals surface area contributed by atoms with Crippen molar-refractivity contribution in [1.29, 1.82) is 0 Å². The molecule has 0 spiro atoms. The molecule has 1 amide bonds. The van der Waals surface area contributed by atoms with Crippen molar-refractivity contribution in [2.24, 2.45) is 5.92 Å². The van der Waals surface area contributed by atoms with E-state index in [9.17, 15) is 18.0 Å². The largest absolute Gasteiger partial charge is 0.416 e. The van der Waals surface area contributed by atoms with Crippen LogP contribution in [0.2, 0.25) is 0 Å². The van der Waals surface area contributed by atoms with Crippen LogP contribution in [0.3, 0.4) is 0 Å². The highest BCUT2D eigenvalue weighted by molar-refractivity contribution is 5.93. The molecule has 2 rings (SSSR count). The highest BCUT2D eigenvalue weighted by atomic mass is 19.4. The zero-order valence-corrected chi connectivity index (χ0v) is 13.8. The van der Waals surface area contributed by atoms with E-state index in [2.05, 4.69) is 16.8 Å². The van der Waals surface area contributed by atoms with E-state index in [0.29, 0.717) is 5.92 Å². The molecule has 5 nitrogen and oxygen atoms in total. The average Bonchev–Trinajstić information content (AvgIpc) is 2.54. The summed E-state index contributed by atoms with van der Waals surface area (Å²) in [6.07, 6.45) is -3.77. The van der Waals surface area contributed by atoms with Crippen molar-refractivity contribution in [1.82, 2.24) is 9.88 Å². The number of carbonyl (C=O) groups excluding carboxylic acids is 1. The van der Waals surface area contributed by atoms with E-state index in [1.54, 1.807) is 12.1 Å². The molecule has 2 heterocycles. The van der Waals surface area contributed by atoms with Crippen LogP contribution < -0.4 is 4.90 Å². The van der Waals surface area contributed by atoms with Crippen LogP contribution in [0.15, 0.2) is 18.3 Å². The molecule has 1 atom stereocenters. The van der Waals surface area contributed by atoms with Crippen LogP contribution in [-0.2, 0) is 0 Å². The number of hydrogen-bond acceptors (Lipinski definition) is 4. The second kappa shape index (κ2) is 7.38. The summed E-state index contributed by atoms with van der Waals surface area (Å²) in [6.45, 7) is 3.20. The number of piperidine rings is 1. The Hall–Kier alpha value is -1.83. The predicted molar refractivity (Wildman–Crippen MR) is 83.9 cm³/mol. The van der Waals surface area contributed by atoms with Crippen molar-refractivity contribution in [2.45, 2.75) is 32.0 Å². The van der Waals surface area contributed by atoms with Gasteiger partial charge in [0, 0.05) is 26.3 Å². The minimum Gasteiger partial charge on any atom is -0.382 e. The summed E-state index contributed by atoms with van der Waals surface area (Å²) in [6, 6.07) is 3.26. The van der Waals surface area contributed by atoms with Gasteiger partial charge in [0.1, 0.15) is 5.82 Å². The van der Waals surface area contributed by atoms with Crippen molar-refractivity contribution in [2.75, 3.05) is 31.6 Å². The summed E-state index contributed by atoms with van der Waals surface area (Å²) in [5.74, 6) is 0.844. The molecule has 134 valence electrons. The lowest BCUT2D eigenvalue weighted by atomic mass is 9.99. The van der Waals surface area contributed by atoms with E-state index in [1.165, 1.54) is 13.2 Å². The predicted octanol–water partition coefficient (Wildman–Crippen LogP) is 2.31. The monoisotopic (exact) mass is 345 g/mol. The second-order valence-corrected chi connectivity index (χ2v) is 6.32. The smallest absolute Gasteiger partial charge is 0.382 e. The molecule has 0 saturated carbocycles. The van der Waals surface area contributed by atoms with Gasteiger partial charge < -0.3 is 14.9 Å². The summed E-state index contributed by atoms with van der Waals surface area (Å²) in [7, 11) is 1.22. The zero-order valence-electron chi connectivity index (χ0n) is 13.8. The number of aliphatic hydroxyl groups excluding tert-OH is 1. The topological polar surface area (TPSA) is 56.7 Å². The summed E-state index contributed by atoms with van der Waals surface area (Å²) in [5, 5.41) is 9.05. The molecule has 24 heavy (non-hydrogen) atoms. The van der Waals surface area contributed by atoms with Crippen molar-refractivity contribution >= 4 is 11.7 Å². The average molecular weight is 345 g/mol. The van der Waals surface area contributed by atoms with E-state index < -0.39 is 24.7 Å². The first-order valence-corrected chi connectivity index (χ1v) is 7.89. The maximum absolute atomic E-state index is 12.4. The number of rotatable bonds is 4. The van der Waals surface area contributed by atoms with Gasteiger partial charge in [0.25, 0.3) is 5.91 Å². The Bertz CT molecular complexity index is 555. The zero-order chi connectivity index (χ0) is 17.9.